The fourth-order valence-corrected chi connectivity index (χ4v) is 6.04. The van der Waals surface area contributed by atoms with Gasteiger partial charge in [0.15, 0.2) is 28.8 Å². The Kier molecular flexibility index (Phi) is 7.08. The lowest BCUT2D eigenvalue weighted by Crippen LogP contribution is -2.48. The van der Waals surface area contributed by atoms with Crippen molar-refractivity contribution < 1.29 is 34.1 Å². The number of Topliss-reactive ketones (excluding diaryl/α,β-unsaturated/α-hetero) is 1. The molecule has 9 heteroatoms. The Morgan fingerprint density at radius 1 is 1.02 bits per heavy atom. The topological polar surface area (TPSA) is 125 Å². The molecule has 3 N–H and O–H groups in total. The molecule has 0 saturated carbocycles. The first-order valence-corrected chi connectivity index (χ1v) is 12.8. The minimum absolute atomic E-state index is 0.0596. The molecule has 3 unspecified atom stereocenters. The third kappa shape index (κ3) is 4.38. The summed E-state index contributed by atoms with van der Waals surface area (Å²) in [5.74, 6) is -1.89. The summed E-state index contributed by atoms with van der Waals surface area (Å²) >= 11 is 0. The number of aromatic hydroxyl groups is 2. The average Bonchev–Trinajstić information content (AvgIpc) is 3.42. The Labute approximate surface area is 231 Å². The third-order valence-corrected chi connectivity index (χ3v) is 7.85. The summed E-state index contributed by atoms with van der Waals surface area (Å²) in [7, 11) is 4.68. The smallest absolute Gasteiger partial charge is 0.250 e. The van der Waals surface area contributed by atoms with Crippen LogP contribution in [0.2, 0.25) is 0 Å². The average molecular weight is 543 g/mol. The van der Waals surface area contributed by atoms with Crippen molar-refractivity contribution in [2.24, 2.45) is 5.92 Å². The zero-order valence-electron chi connectivity index (χ0n) is 22.4. The van der Waals surface area contributed by atoms with Crippen LogP contribution in [0.15, 0.2) is 66.7 Å². The van der Waals surface area contributed by atoms with Crippen LogP contribution in [0.1, 0.15) is 29.0 Å². The summed E-state index contributed by atoms with van der Waals surface area (Å²) in [5, 5.41) is 23.2. The van der Waals surface area contributed by atoms with Crippen LogP contribution in [0.25, 0.3) is 6.08 Å². The van der Waals surface area contributed by atoms with Crippen molar-refractivity contribution >= 4 is 29.2 Å². The summed E-state index contributed by atoms with van der Waals surface area (Å²) in [5.41, 5.74) is 1.44. The van der Waals surface area contributed by atoms with E-state index < -0.39 is 23.2 Å². The number of benzene rings is 3. The van der Waals surface area contributed by atoms with Gasteiger partial charge in [-0.15, -0.1) is 0 Å². The van der Waals surface area contributed by atoms with Crippen LogP contribution in [0.5, 0.6) is 23.0 Å². The molecule has 2 aliphatic heterocycles. The first kappa shape index (κ1) is 27.0. The van der Waals surface area contributed by atoms with Gasteiger partial charge in [-0.25, -0.2) is 0 Å². The molecule has 0 aromatic heterocycles. The van der Waals surface area contributed by atoms with E-state index in [0.29, 0.717) is 22.6 Å². The van der Waals surface area contributed by atoms with Gasteiger partial charge < -0.3 is 25.0 Å². The number of hydrogen-bond acceptors (Lipinski definition) is 8. The number of para-hydroxylation sites is 1. The minimum atomic E-state index is -1.20. The molecule has 1 amide bonds. The number of anilines is 1. The summed E-state index contributed by atoms with van der Waals surface area (Å²) < 4.78 is 10.4. The van der Waals surface area contributed by atoms with Crippen molar-refractivity contribution in [3.8, 4) is 23.0 Å². The lowest BCUT2D eigenvalue weighted by Gasteiger charge is -2.36. The lowest BCUT2D eigenvalue weighted by atomic mass is 9.70. The van der Waals surface area contributed by atoms with Crippen molar-refractivity contribution in [1.82, 2.24) is 4.90 Å². The van der Waals surface area contributed by atoms with E-state index in [1.54, 1.807) is 31.3 Å². The number of likely N-dealkylation sites (N-methyl/N-ethyl adjacent to an activating group) is 1. The van der Waals surface area contributed by atoms with E-state index in [-0.39, 0.29) is 41.9 Å². The summed E-state index contributed by atoms with van der Waals surface area (Å²) in [6, 6.07) is 16.9. The molecule has 40 heavy (non-hydrogen) atoms. The molecule has 0 bridgehead atoms. The number of phenols is 2. The molecule has 3 atom stereocenters. The fraction of sp³-hybridized carbons (Fsp3) is 0.258. The Hall–Kier alpha value is -4.63. The molecule has 9 nitrogen and oxygen atoms in total. The van der Waals surface area contributed by atoms with E-state index in [1.165, 1.54) is 38.5 Å². The van der Waals surface area contributed by atoms with Gasteiger partial charge in [-0.3, -0.25) is 19.3 Å². The van der Waals surface area contributed by atoms with E-state index in [4.69, 9.17) is 9.47 Å². The van der Waals surface area contributed by atoms with E-state index >= 15 is 0 Å². The molecule has 0 radical (unpaired) electrons. The Morgan fingerprint density at radius 2 is 1.77 bits per heavy atom. The number of hydrogen-bond donors (Lipinski definition) is 3. The molecular formula is C31H30N2O7. The predicted molar refractivity (Wildman–Crippen MR) is 149 cm³/mol. The van der Waals surface area contributed by atoms with Crippen molar-refractivity contribution in [2.45, 2.75) is 17.9 Å². The molecule has 1 saturated heterocycles. The lowest BCUT2D eigenvalue weighted by molar-refractivity contribution is -0.127. The molecule has 1 fully saturated rings. The maximum Gasteiger partial charge on any atom is 0.250 e. The Morgan fingerprint density at radius 3 is 2.50 bits per heavy atom. The van der Waals surface area contributed by atoms with Crippen LogP contribution in [0.3, 0.4) is 0 Å². The highest BCUT2D eigenvalue weighted by Gasteiger charge is 2.63. The number of carbonyl (C=O) groups is 3. The number of nitrogens with one attached hydrogen (secondary N) is 1. The number of ketones is 2. The van der Waals surface area contributed by atoms with E-state index in [1.807, 2.05) is 29.2 Å². The van der Waals surface area contributed by atoms with Crippen molar-refractivity contribution in [2.75, 3.05) is 33.1 Å². The van der Waals surface area contributed by atoms with Crippen molar-refractivity contribution in [1.29, 1.82) is 0 Å². The predicted octanol–water partition coefficient (Wildman–Crippen LogP) is 3.85. The second-order valence-corrected chi connectivity index (χ2v) is 10.0. The van der Waals surface area contributed by atoms with Crippen LogP contribution in [-0.4, -0.2) is 60.4 Å². The number of fused-ring (bicyclic) bond motifs is 2. The normalized spacial score (nSPS) is 21.9. The number of allylic oxidation sites excluding steroid dienone is 1. The Balaban J connectivity index is 1.49. The van der Waals surface area contributed by atoms with Gasteiger partial charge >= 0.3 is 0 Å². The standard InChI is InChI=1S/C31H30N2O7/c1-33-17-21(25(36)16-20(34)11-8-18-9-13-27(39-2)26(37)14-18)29(19-10-12-24(35)28(15-19)40-3)31(33)22-6-4-5-7-23(22)32-30(31)38/h4-15,21,29,35,37H,16-17H2,1-3H3,(H,32,38)/b11-8+. The molecular weight excluding hydrogens is 512 g/mol. The zero-order chi connectivity index (χ0) is 28.6. The molecule has 3 aromatic rings. The number of rotatable bonds is 8. The molecule has 1 spiro atoms. The molecule has 2 aliphatic rings. The van der Waals surface area contributed by atoms with Gasteiger partial charge in [-0.05, 0) is 54.6 Å². The molecule has 2 heterocycles. The van der Waals surface area contributed by atoms with Gasteiger partial charge in [0.1, 0.15) is 11.3 Å². The second-order valence-electron chi connectivity index (χ2n) is 10.0. The maximum absolute atomic E-state index is 13.8. The van der Waals surface area contributed by atoms with Crippen molar-refractivity contribution in [3.05, 3.63) is 83.4 Å². The molecule has 206 valence electrons. The maximum atomic E-state index is 13.8. The summed E-state index contributed by atoms with van der Waals surface area (Å²) in [6.07, 6.45) is 2.48. The van der Waals surface area contributed by atoms with Gasteiger partial charge in [0.05, 0.1) is 20.6 Å². The largest absolute Gasteiger partial charge is 0.504 e. The van der Waals surface area contributed by atoms with Gasteiger partial charge in [0.25, 0.3) is 0 Å². The van der Waals surface area contributed by atoms with Crippen molar-refractivity contribution in [3.63, 3.8) is 0 Å². The van der Waals surface area contributed by atoms with Gasteiger partial charge in [0.2, 0.25) is 5.91 Å². The SMILES string of the molecule is COc1ccc(/C=C/C(=O)CC(=O)C2CN(C)C3(C(=O)Nc4ccccc43)C2c2ccc(O)c(OC)c2)cc1O. The van der Waals surface area contributed by atoms with Crippen LogP contribution in [-0.2, 0) is 19.9 Å². The number of likely N-dealkylation sites (tertiary alicyclic amines) is 1. The second kappa shape index (κ2) is 10.5. The van der Waals surface area contributed by atoms with Gasteiger partial charge in [-0.2, -0.15) is 0 Å². The summed E-state index contributed by atoms with van der Waals surface area (Å²) in [4.78, 5) is 42.3. The molecule has 5 rings (SSSR count). The highest BCUT2D eigenvalue weighted by molar-refractivity contribution is 6.10. The van der Waals surface area contributed by atoms with Crippen LogP contribution < -0.4 is 14.8 Å². The molecule has 0 aliphatic carbocycles. The number of carbonyl (C=O) groups excluding carboxylic acids is 3. The monoisotopic (exact) mass is 542 g/mol. The number of nitrogens with zero attached hydrogens (tertiary/aromatic N) is 1. The third-order valence-electron chi connectivity index (χ3n) is 7.85. The quantitative estimate of drug-likeness (QED) is 0.290. The highest BCUT2D eigenvalue weighted by Crippen LogP contribution is 2.57. The van der Waals surface area contributed by atoms with Crippen LogP contribution in [0.4, 0.5) is 5.69 Å². The first-order valence-electron chi connectivity index (χ1n) is 12.8. The first-order chi connectivity index (χ1) is 19.2. The Bertz CT molecular complexity index is 1530. The minimum Gasteiger partial charge on any atom is -0.504 e. The van der Waals surface area contributed by atoms with E-state index in [9.17, 15) is 24.6 Å². The number of methoxy groups -OCH3 is 2. The number of ether oxygens (including phenoxy) is 2. The van der Waals surface area contributed by atoms with E-state index in [2.05, 4.69) is 5.32 Å². The van der Waals surface area contributed by atoms with Gasteiger partial charge in [0, 0.05) is 29.6 Å². The fourth-order valence-electron chi connectivity index (χ4n) is 6.04. The summed E-state index contributed by atoms with van der Waals surface area (Å²) in [6.45, 7) is 0.248. The van der Waals surface area contributed by atoms with E-state index in [0.717, 1.165) is 5.56 Å². The highest BCUT2D eigenvalue weighted by atomic mass is 16.5. The zero-order valence-corrected chi connectivity index (χ0v) is 22.4. The van der Waals surface area contributed by atoms with Crippen LogP contribution in [0, 0.1) is 5.92 Å². The number of phenolic OH excluding ortho intramolecular Hbond substituents is 2. The van der Waals surface area contributed by atoms with Gasteiger partial charge in [-0.1, -0.05) is 36.4 Å². The number of amides is 1. The molecule has 3 aromatic carbocycles. The van der Waals surface area contributed by atoms with Crippen LogP contribution >= 0.6 is 0 Å².